The molecule has 2 heterocycles. The van der Waals surface area contributed by atoms with Crippen LogP contribution in [0.15, 0.2) is 66.7 Å². The Morgan fingerprint density at radius 1 is 0.909 bits per heavy atom. The minimum absolute atomic E-state index is 0.0481. The summed E-state index contributed by atoms with van der Waals surface area (Å²) in [6.45, 7) is 3.87. The fraction of sp³-hybridized carbons (Fsp3) is 0.222. The molecule has 168 valence electrons. The summed E-state index contributed by atoms with van der Waals surface area (Å²) in [6.07, 6.45) is 2.53. The molecule has 0 atom stereocenters. The normalized spacial score (nSPS) is 14.1. The Balaban J connectivity index is 1.42. The van der Waals surface area contributed by atoms with Gasteiger partial charge < -0.3 is 0 Å². The van der Waals surface area contributed by atoms with Crippen LogP contribution in [0.3, 0.4) is 0 Å². The summed E-state index contributed by atoms with van der Waals surface area (Å²) in [6, 6.07) is 19.5. The van der Waals surface area contributed by atoms with Gasteiger partial charge in [-0.25, -0.2) is 0 Å². The summed E-state index contributed by atoms with van der Waals surface area (Å²) in [5.74, 6) is 1.10. The fourth-order valence-corrected chi connectivity index (χ4v) is 6.87. The van der Waals surface area contributed by atoms with Crippen molar-refractivity contribution < 1.29 is 19.7 Å². The third-order valence-corrected chi connectivity index (χ3v) is 8.54. The molecule has 1 aliphatic heterocycles. The molecule has 2 N–H and O–H groups in total. The van der Waals surface area contributed by atoms with Gasteiger partial charge in [-0.15, -0.1) is 0 Å². The zero-order chi connectivity index (χ0) is 22.8. The number of nitrogens with zero attached hydrogens (tertiary/aromatic N) is 1. The van der Waals surface area contributed by atoms with Gasteiger partial charge in [-0.3, -0.25) is 0 Å². The van der Waals surface area contributed by atoms with E-state index < -0.39 is 0 Å². The summed E-state index contributed by atoms with van der Waals surface area (Å²) >= 11 is -0.130. The van der Waals surface area contributed by atoms with Crippen LogP contribution in [0.2, 0.25) is 0 Å². The number of aromatic hydroxyl groups is 2. The summed E-state index contributed by atoms with van der Waals surface area (Å²) in [5, 5.41) is 20.5. The molecule has 0 radical (unpaired) electrons. The molecule has 4 aromatic rings. The number of fused-ring (bicyclic) bond motifs is 1. The van der Waals surface area contributed by atoms with Gasteiger partial charge in [0, 0.05) is 0 Å². The van der Waals surface area contributed by atoms with Crippen molar-refractivity contribution in [3.05, 3.63) is 77.9 Å². The molecule has 3 aromatic carbocycles. The molecule has 0 saturated carbocycles. The second kappa shape index (κ2) is 9.44. The second-order valence-electron chi connectivity index (χ2n) is 8.28. The number of ketones is 1. The van der Waals surface area contributed by atoms with E-state index in [4.69, 9.17) is 4.74 Å². The van der Waals surface area contributed by atoms with E-state index in [2.05, 4.69) is 4.90 Å². The van der Waals surface area contributed by atoms with Crippen molar-refractivity contribution in [2.24, 2.45) is 0 Å². The number of phenols is 2. The maximum absolute atomic E-state index is 13.6. The van der Waals surface area contributed by atoms with Crippen LogP contribution in [0.25, 0.3) is 19.6 Å². The number of phenolic OH excluding ortho intramolecular Hbond substituents is 2. The molecular formula is C27H25NO4Se. The number of rotatable bonds is 7. The van der Waals surface area contributed by atoms with E-state index >= 15 is 0 Å². The van der Waals surface area contributed by atoms with E-state index in [-0.39, 0.29) is 31.8 Å². The predicted molar refractivity (Wildman–Crippen MR) is 131 cm³/mol. The predicted octanol–water partition coefficient (Wildman–Crippen LogP) is 4.68. The Kier molecular flexibility index (Phi) is 6.23. The van der Waals surface area contributed by atoms with E-state index in [1.807, 2.05) is 42.5 Å². The molecule has 1 fully saturated rings. The number of hydrogen-bond acceptors (Lipinski definition) is 5. The van der Waals surface area contributed by atoms with Crippen LogP contribution in [-0.4, -0.2) is 61.6 Å². The SMILES string of the molecule is O=C(c1ccc(OCCN2CCCC2)cc1)c1c(-c2ccc(O)cc2)[se]c2cc(O)ccc12. The molecule has 0 amide bonds. The van der Waals surface area contributed by atoms with E-state index in [0.717, 1.165) is 45.0 Å². The monoisotopic (exact) mass is 507 g/mol. The number of ether oxygens (including phenoxy) is 1. The van der Waals surface area contributed by atoms with Crippen molar-refractivity contribution in [1.82, 2.24) is 4.90 Å². The van der Waals surface area contributed by atoms with Gasteiger partial charge in [0.05, 0.1) is 0 Å². The van der Waals surface area contributed by atoms with Crippen LogP contribution in [0.5, 0.6) is 17.2 Å². The van der Waals surface area contributed by atoms with Gasteiger partial charge in [-0.1, -0.05) is 0 Å². The third kappa shape index (κ3) is 4.69. The van der Waals surface area contributed by atoms with Gasteiger partial charge in [0.2, 0.25) is 0 Å². The standard InChI is InChI=1S/C27H25NO4Se/c29-20-7-3-19(4-8-20)27-25(23-12-9-21(30)17-24(23)33-27)26(31)18-5-10-22(11-6-18)32-16-15-28-13-1-2-14-28/h3-12,17,29-30H,1-2,13-16H2. The van der Waals surface area contributed by atoms with E-state index in [9.17, 15) is 15.0 Å². The first-order chi connectivity index (χ1) is 16.1. The van der Waals surface area contributed by atoms with Crippen LogP contribution in [0, 0.1) is 0 Å². The van der Waals surface area contributed by atoms with Crippen LogP contribution in [0.1, 0.15) is 28.8 Å². The van der Waals surface area contributed by atoms with Gasteiger partial charge in [0.15, 0.2) is 0 Å². The Bertz CT molecular complexity index is 1270. The van der Waals surface area contributed by atoms with Crippen molar-refractivity contribution in [3.8, 4) is 27.2 Å². The first kappa shape index (κ1) is 21.8. The van der Waals surface area contributed by atoms with Gasteiger partial charge in [0.25, 0.3) is 0 Å². The number of hydrogen-bond donors (Lipinski definition) is 2. The number of benzene rings is 3. The molecular weight excluding hydrogens is 481 g/mol. The topological polar surface area (TPSA) is 70.0 Å². The Hall–Kier alpha value is -3.05. The van der Waals surface area contributed by atoms with E-state index in [0.29, 0.717) is 17.7 Å². The van der Waals surface area contributed by atoms with Crippen molar-refractivity contribution >= 4 is 29.9 Å². The average molecular weight is 506 g/mol. The minimum atomic E-state index is -0.130. The summed E-state index contributed by atoms with van der Waals surface area (Å²) in [7, 11) is 0. The zero-order valence-electron chi connectivity index (χ0n) is 18.2. The van der Waals surface area contributed by atoms with Gasteiger partial charge in [-0.05, 0) is 12.8 Å². The van der Waals surface area contributed by atoms with E-state index in [1.54, 1.807) is 24.3 Å². The molecule has 6 heteroatoms. The van der Waals surface area contributed by atoms with Crippen molar-refractivity contribution in [2.45, 2.75) is 12.8 Å². The van der Waals surface area contributed by atoms with Crippen molar-refractivity contribution in [2.75, 3.05) is 26.2 Å². The summed E-state index contributed by atoms with van der Waals surface area (Å²) < 4.78 is 7.83. The van der Waals surface area contributed by atoms with Crippen LogP contribution in [0.4, 0.5) is 0 Å². The fourth-order valence-electron chi connectivity index (χ4n) is 4.27. The molecule has 33 heavy (non-hydrogen) atoms. The molecule has 1 saturated heterocycles. The van der Waals surface area contributed by atoms with Gasteiger partial charge >= 0.3 is 186 Å². The van der Waals surface area contributed by atoms with Crippen LogP contribution >= 0.6 is 0 Å². The van der Waals surface area contributed by atoms with Crippen LogP contribution in [-0.2, 0) is 0 Å². The van der Waals surface area contributed by atoms with Crippen LogP contribution < -0.4 is 4.74 Å². The molecule has 1 aliphatic rings. The third-order valence-electron chi connectivity index (χ3n) is 6.02. The molecule has 0 aliphatic carbocycles. The zero-order valence-corrected chi connectivity index (χ0v) is 19.9. The second-order valence-corrected chi connectivity index (χ2v) is 10.5. The molecule has 5 nitrogen and oxygen atoms in total. The number of carbonyl (C=O) groups excluding carboxylic acids is 1. The molecule has 0 spiro atoms. The van der Waals surface area contributed by atoms with Crippen molar-refractivity contribution in [3.63, 3.8) is 0 Å². The summed E-state index contributed by atoms with van der Waals surface area (Å²) in [4.78, 5) is 16.0. The van der Waals surface area contributed by atoms with E-state index in [1.165, 1.54) is 12.8 Å². The number of carbonyl (C=O) groups is 1. The quantitative estimate of drug-likeness (QED) is 0.282. The first-order valence-electron chi connectivity index (χ1n) is 11.1. The molecule has 0 bridgehead atoms. The van der Waals surface area contributed by atoms with Crippen molar-refractivity contribution in [1.29, 1.82) is 0 Å². The molecule has 5 rings (SSSR count). The average Bonchev–Trinajstić information content (AvgIpc) is 3.47. The first-order valence-corrected chi connectivity index (χ1v) is 12.8. The Labute approximate surface area is 198 Å². The molecule has 0 unspecified atom stereocenters. The van der Waals surface area contributed by atoms with Gasteiger partial charge in [-0.2, -0.15) is 0 Å². The maximum atomic E-state index is 13.6. The molecule has 1 aromatic heterocycles. The number of likely N-dealkylation sites (tertiary alicyclic amines) is 1. The Morgan fingerprint density at radius 2 is 1.61 bits per heavy atom. The Morgan fingerprint density at radius 3 is 2.33 bits per heavy atom. The summed E-state index contributed by atoms with van der Waals surface area (Å²) in [5.41, 5.74) is 2.18. The van der Waals surface area contributed by atoms with Gasteiger partial charge in [0.1, 0.15) is 0 Å².